The van der Waals surface area contributed by atoms with Crippen molar-refractivity contribution < 1.29 is 0 Å². The van der Waals surface area contributed by atoms with Gasteiger partial charge in [-0.2, -0.15) is 10.3 Å². The summed E-state index contributed by atoms with van der Waals surface area (Å²) in [6.07, 6.45) is 1.37. The summed E-state index contributed by atoms with van der Waals surface area (Å²) in [4.78, 5) is 13.0. The van der Waals surface area contributed by atoms with Crippen LogP contribution in [0.4, 0.5) is 0 Å². The van der Waals surface area contributed by atoms with Gasteiger partial charge in [-0.05, 0) is 47.2 Å². The van der Waals surface area contributed by atoms with Crippen molar-refractivity contribution in [2.75, 3.05) is 0 Å². The minimum atomic E-state index is -0.0829. The Labute approximate surface area is 192 Å². The van der Waals surface area contributed by atoms with Crippen LogP contribution >= 0.6 is 0 Å². The van der Waals surface area contributed by atoms with Crippen molar-refractivity contribution in [3.05, 3.63) is 70.4 Å². The molecule has 0 aliphatic heterocycles. The number of aryl methyl sites for hydroxylation is 1. The average Bonchev–Trinajstić information content (AvgIpc) is 3.46. The lowest BCUT2D eigenvalue weighted by Crippen LogP contribution is -2.26. The van der Waals surface area contributed by atoms with Crippen molar-refractivity contribution in [2.24, 2.45) is 5.92 Å². The summed E-state index contributed by atoms with van der Waals surface area (Å²) in [7, 11) is 0. The number of nitrogens with one attached hydrogen (secondary N) is 1. The molecule has 2 heterocycles. The van der Waals surface area contributed by atoms with E-state index in [1.54, 1.807) is 16.2 Å². The molecule has 8 heteroatoms. The van der Waals surface area contributed by atoms with Crippen LogP contribution in [0.2, 0.25) is 0 Å². The SMILES string of the molecule is CC#CCc1nn(CCC(C)C)c(=O)n1Cc1ccc(-c2cccc(-c3nn[nH]n3)c2)cc1. The number of rotatable bonds is 8. The Balaban J connectivity index is 1.57. The van der Waals surface area contributed by atoms with Gasteiger partial charge in [0, 0.05) is 12.1 Å². The van der Waals surface area contributed by atoms with Crippen LogP contribution in [0.3, 0.4) is 0 Å². The lowest BCUT2D eigenvalue weighted by molar-refractivity contribution is 0.473. The van der Waals surface area contributed by atoms with Gasteiger partial charge in [0.2, 0.25) is 5.82 Å². The number of H-pyrrole nitrogens is 1. The van der Waals surface area contributed by atoms with Crippen LogP contribution < -0.4 is 5.69 Å². The molecule has 0 aliphatic rings. The number of hydrogen-bond acceptors (Lipinski definition) is 5. The molecule has 8 nitrogen and oxygen atoms in total. The molecule has 0 aliphatic carbocycles. The van der Waals surface area contributed by atoms with Gasteiger partial charge in [-0.15, -0.1) is 16.1 Å². The van der Waals surface area contributed by atoms with E-state index in [2.05, 4.69) is 63.5 Å². The maximum atomic E-state index is 13.0. The number of aromatic nitrogens is 7. The lowest BCUT2D eigenvalue weighted by atomic mass is 10.0. The second-order valence-electron chi connectivity index (χ2n) is 8.31. The van der Waals surface area contributed by atoms with E-state index < -0.39 is 0 Å². The molecule has 0 spiro atoms. The monoisotopic (exact) mass is 441 g/mol. The number of nitrogens with zero attached hydrogens (tertiary/aromatic N) is 6. The predicted octanol–water partition coefficient (Wildman–Crippen LogP) is 3.55. The van der Waals surface area contributed by atoms with E-state index in [0.29, 0.717) is 37.1 Å². The first kappa shape index (κ1) is 22.2. The van der Waals surface area contributed by atoms with E-state index in [9.17, 15) is 4.79 Å². The van der Waals surface area contributed by atoms with Crippen LogP contribution in [-0.4, -0.2) is 35.0 Å². The van der Waals surface area contributed by atoms with Crippen LogP contribution in [0.1, 0.15) is 38.6 Å². The summed E-state index contributed by atoms with van der Waals surface area (Å²) in [5, 5.41) is 18.8. The third kappa shape index (κ3) is 5.26. The molecule has 168 valence electrons. The predicted molar refractivity (Wildman–Crippen MR) is 127 cm³/mol. The van der Waals surface area contributed by atoms with Gasteiger partial charge in [-0.1, -0.05) is 62.2 Å². The summed E-state index contributed by atoms with van der Waals surface area (Å²) in [5.74, 6) is 7.71. The van der Waals surface area contributed by atoms with E-state index in [4.69, 9.17) is 0 Å². The second-order valence-corrected chi connectivity index (χ2v) is 8.31. The van der Waals surface area contributed by atoms with E-state index in [-0.39, 0.29) is 5.69 Å². The lowest BCUT2D eigenvalue weighted by Gasteiger charge is -2.07. The highest BCUT2D eigenvalue weighted by molar-refractivity contribution is 5.70. The molecule has 0 radical (unpaired) electrons. The Hall–Kier alpha value is -3.99. The highest BCUT2D eigenvalue weighted by Gasteiger charge is 2.14. The zero-order valence-corrected chi connectivity index (χ0v) is 19.1. The van der Waals surface area contributed by atoms with Crippen LogP contribution in [0, 0.1) is 17.8 Å². The molecule has 33 heavy (non-hydrogen) atoms. The topological polar surface area (TPSA) is 94.3 Å². The number of hydrogen-bond donors (Lipinski definition) is 1. The third-order valence-corrected chi connectivity index (χ3v) is 5.44. The van der Waals surface area contributed by atoms with Gasteiger partial charge in [0.1, 0.15) is 5.82 Å². The highest BCUT2D eigenvalue weighted by atomic mass is 16.2. The average molecular weight is 442 g/mol. The summed E-state index contributed by atoms with van der Waals surface area (Å²) in [6, 6.07) is 16.2. The highest BCUT2D eigenvalue weighted by Crippen LogP contribution is 2.24. The molecule has 2 aromatic carbocycles. The molecule has 1 N–H and O–H groups in total. The summed E-state index contributed by atoms with van der Waals surface area (Å²) in [5.41, 5.74) is 3.97. The Bertz CT molecular complexity index is 1320. The molecule has 0 atom stereocenters. The van der Waals surface area contributed by atoms with Gasteiger partial charge >= 0.3 is 5.69 Å². The first-order chi connectivity index (χ1) is 16.0. The first-order valence-electron chi connectivity index (χ1n) is 11.0. The van der Waals surface area contributed by atoms with Crippen molar-refractivity contribution in [1.29, 1.82) is 0 Å². The van der Waals surface area contributed by atoms with Crippen molar-refractivity contribution in [1.82, 2.24) is 35.0 Å². The first-order valence-corrected chi connectivity index (χ1v) is 11.0. The maximum Gasteiger partial charge on any atom is 0.346 e. The minimum absolute atomic E-state index is 0.0829. The number of tetrazole rings is 1. The molecule has 0 fully saturated rings. The fourth-order valence-corrected chi connectivity index (χ4v) is 3.58. The Morgan fingerprint density at radius 1 is 1.06 bits per heavy atom. The maximum absolute atomic E-state index is 13.0. The molecule has 4 aromatic rings. The molecular formula is C25H27N7O. The standard InChI is InChI=1S/C25H27N7O/c1-4-5-9-23-28-32(15-14-18(2)3)25(33)31(23)17-19-10-12-20(13-11-19)21-7-6-8-22(16-21)24-26-29-30-27-24/h6-8,10-13,16,18H,9,14-15,17H2,1-3H3,(H,26,27,29,30). The normalized spacial score (nSPS) is 10.9. The fourth-order valence-electron chi connectivity index (χ4n) is 3.58. The van der Waals surface area contributed by atoms with E-state index in [1.807, 2.05) is 36.4 Å². The van der Waals surface area contributed by atoms with Crippen LogP contribution in [-0.2, 0) is 19.5 Å². The largest absolute Gasteiger partial charge is 0.346 e. The van der Waals surface area contributed by atoms with Gasteiger partial charge < -0.3 is 0 Å². The van der Waals surface area contributed by atoms with Gasteiger partial charge in [0.05, 0.1) is 13.0 Å². The minimum Gasteiger partial charge on any atom is -0.274 e. The molecule has 0 unspecified atom stereocenters. The summed E-state index contributed by atoms with van der Waals surface area (Å²) >= 11 is 0. The Kier molecular flexibility index (Phi) is 6.79. The van der Waals surface area contributed by atoms with Crippen molar-refractivity contribution in [2.45, 2.75) is 46.7 Å². The van der Waals surface area contributed by atoms with Gasteiger partial charge in [0.15, 0.2) is 0 Å². The van der Waals surface area contributed by atoms with Gasteiger partial charge in [-0.3, -0.25) is 4.57 Å². The quantitative estimate of drug-likeness (QED) is 0.422. The van der Waals surface area contributed by atoms with Crippen LogP contribution in [0.25, 0.3) is 22.5 Å². The second kappa shape index (κ2) is 10.1. The Morgan fingerprint density at radius 3 is 2.55 bits per heavy atom. The van der Waals surface area contributed by atoms with Crippen molar-refractivity contribution in [3.63, 3.8) is 0 Å². The van der Waals surface area contributed by atoms with Crippen molar-refractivity contribution >= 4 is 0 Å². The summed E-state index contributed by atoms with van der Waals surface area (Å²) in [6.45, 7) is 7.16. The van der Waals surface area contributed by atoms with Crippen molar-refractivity contribution in [3.8, 4) is 34.4 Å². The molecule has 2 aromatic heterocycles. The van der Waals surface area contributed by atoms with Gasteiger partial charge in [-0.25, -0.2) is 9.48 Å². The van der Waals surface area contributed by atoms with Gasteiger partial charge in [0.25, 0.3) is 0 Å². The molecule has 0 saturated carbocycles. The van der Waals surface area contributed by atoms with E-state index in [0.717, 1.165) is 28.7 Å². The van der Waals surface area contributed by atoms with Crippen LogP contribution in [0.15, 0.2) is 53.3 Å². The molecule has 4 rings (SSSR count). The number of benzene rings is 2. The third-order valence-electron chi connectivity index (χ3n) is 5.44. The number of aromatic amines is 1. The zero-order chi connectivity index (χ0) is 23.2. The molecular weight excluding hydrogens is 414 g/mol. The molecule has 0 bridgehead atoms. The molecule has 0 amide bonds. The fraction of sp³-hybridized carbons (Fsp3) is 0.320. The van der Waals surface area contributed by atoms with E-state index >= 15 is 0 Å². The zero-order valence-electron chi connectivity index (χ0n) is 19.1. The summed E-state index contributed by atoms with van der Waals surface area (Å²) < 4.78 is 3.31. The van der Waals surface area contributed by atoms with Crippen LogP contribution in [0.5, 0.6) is 0 Å². The Morgan fingerprint density at radius 2 is 1.85 bits per heavy atom. The molecule has 0 saturated heterocycles. The smallest absolute Gasteiger partial charge is 0.274 e. The van der Waals surface area contributed by atoms with E-state index in [1.165, 1.54) is 0 Å².